The summed E-state index contributed by atoms with van der Waals surface area (Å²) in [5.41, 5.74) is 0. The van der Waals surface area contributed by atoms with Crippen molar-refractivity contribution in [1.29, 1.82) is 0 Å². The Kier molecular flexibility index (Phi) is 3.58. The van der Waals surface area contributed by atoms with Gasteiger partial charge in [-0.3, -0.25) is 4.79 Å². The third kappa shape index (κ3) is 2.54. The van der Waals surface area contributed by atoms with Crippen LogP contribution in [0.5, 0.6) is 0 Å². The Balaban J connectivity index is 3.23. The molecule has 0 spiro atoms. The smallest absolute Gasteiger partial charge is 0.321 e. The van der Waals surface area contributed by atoms with Crippen molar-refractivity contribution >= 4 is 15.8 Å². The average Bonchev–Trinajstić information content (AvgIpc) is 2.16. The van der Waals surface area contributed by atoms with Gasteiger partial charge in [-0.25, -0.2) is 17.2 Å². The Labute approximate surface area is 90.8 Å². The minimum absolute atomic E-state index is 0.799. The fraction of sp³-hybridized carbons (Fsp3) is 0.222. The highest BCUT2D eigenvalue weighted by molar-refractivity contribution is 7.92. The van der Waals surface area contributed by atoms with Gasteiger partial charge in [-0.15, -0.1) is 0 Å². The molecule has 0 radical (unpaired) electrons. The number of methoxy groups -OCH3 is 1. The van der Waals surface area contributed by atoms with Crippen LogP contribution < -0.4 is 0 Å². The van der Waals surface area contributed by atoms with Crippen LogP contribution in [0, 0.1) is 11.6 Å². The largest absolute Gasteiger partial charge is 0.468 e. The van der Waals surface area contributed by atoms with E-state index in [0.29, 0.717) is 0 Å². The van der Waals surface area contributed by atoms with Crippen molar-refractivity contribution in [2.24, 2.45) is 0 Å². The molecule has 16 heavy (non-hydrogen) atoms. The van der Waals surface area contributed by atoms with Crippen LogP contribution >= 0.6 is 0 Å². The van der Waals surface area contributed by atoms with E-state index in [9.17, 15) is 22.0 Å². The number of sulfone groups is 1. The molecule has 0 aliphatic rings. The van der Waals surface area contributed by atoms with Crippen molar-refractivity contribution in [3.63, 3.8) is 0 Å². The summed E-state index contributed by atoms with van der Waals surface area (Å²) in [5, 5.41) is 0. The van der Waals surface area contributed by atoms with Crippen LogP contribution in [-0.2, 0) is 19.4 Å². The van der Waals surface area contributed by atoms with E-state index >= 15 is 0 Å². The third-order valence-corrected chi connectivity index (χ3v) is 3.39. The maximum atomic E-state index is 13.1. The average molecular weight is 250 g/mol. The van der Waals surface area contributed by atoms with Crippen molar-refractivity contribution in [1.82, 2.24) is 0 Å². The number of carbonyl (C=O) groups excluding carboxylic acids is 1. The number of carbonyl (C=O) groups is 1. The zero-order valence-electron chi connectivity index (χ0n) is 8.24. The second-order valence-electron chi connectivity index (χ2n) is 2.89. The standard InChI is InChI=1S/C9H8F2O4S/c1-15-8(12)5-16(13,14)9-6(10)3-2-4-7(9)11/h2-4H,5H2,1H3. The molecule has 0 saturated heterocycles. The molecule has 0 aliphatic heterocycles. The SMILES string of the molecule is COC(=O)CS(=O)(=O)c1c(F)cccc1F. The molecule has 0 bridgehead atoms. The second-order valence-corrected chi connectivity index (χ2v) is 4.81. The summed E-state index contributed by atoms with van der Waals surface area (Å²) in [7, 11) is -3.38. The van der Waals surface area contributed by atoms with E-state index in [1.807, 2.05) is 0 Å². The predicted molar refractivity (Wildman–Crippen MR) is 50.4 cm³/mol. The summed E-state index contributed by atoms with van der Waals surface area (Å²) in [6.07, 6.45) is 0. The number of ether oxygens (including phenoxy) is 1. The molecule has 0 fully saturated rings. The van der Waals surface area contributed by atoms with Gasteiger partial charge in [-0.05, 0) is 12.1 Å². The van der Waals surface area contributed by atoms with E-state index in [0.717, 1.165) is 25.3 Å². The van der Waals surface area contributed by atoms with Crippen molar-refractivity contribution < 1.29 is 26.7 Å². The van der Waals surface area contributed by atoms with Gasteiger partial charge in [-0.1, -0.05) is 6.07 Å². The molecule has 4 nitrogen and oxygen atoms in total. The molecule has 88 valence electrons. The van der Waals surface area contributed by atoms with Crippen molar-refractivity contribution in [2.75, 3.05) is 12.9 Å². The Morgan fingerprint density at radius 2 is 1.81 bits per heavy atom. The van der Waals surface area contributed by atoms with Gasteiger partial charge in [0.1, 0.15) is 16.5 Å². The summed E-state index contributed by atoms with van der Waals surface area (Å²) < 4.78 is 53.3. The molecule has 0 unspecified atom stereocenters. The monoisotopic (exact) mass is 250 g/mol. The predicted octanol–water partition coefficient (Wildman–Crippen LogP) is 0.912. The highest BCUT2D eigenvalue weighted by Crippen LogP contribution is 2.19. The second kappa shape index (κ2) is 4.56. The summed E-state index contributed by atoms with van der Waals surface area (Å²) in [5.74, 6) is -4.64. The van der Waals surface area contributed by atoms with E-state index in [4.69, 9.17) is 0 Å². The fourth-order valence-corrected chi connectivity index (χ4v) is 2.37. The van der Waals surface area contributed by atoms with Gasteiger partial charge in [0.25, 0.3) is 0 Å². The Morgan fingerprint density at radius 3 is 2.25 bits per heavy atom. The molecule has 0 aromatic heterocycles. The zero-order chi connectivity index (χ0) is 12.3. The van der Waals surface area contributed by atoms with Gasteiger partial charge < -0.3 is 4.74 Å². The Morgan fingerprint density at radius 1 is 1.31 bits per heavy atom. The maximum absolute atomic E-state index is 13.1. The zero-order valence-corrected chi connectivity index (χ0v) is 9.05. The first-order valence-corrected chi connectivity index (χ1v) is 5.77. The minimum Gasteiger partial charge on any atom is -0.468 e. The molecule has 7 heteroatoms. The van der Waals surface area contributed by atoms with Gasteiger partial charge in [0.15, 0.2) is 15.6 Å². The summed E-state index contributed by atoms with van der Waals surface area (Å²) in [4.78, 5) is 9.67. The Hall–Kier alpha value is -1.50. The number of hydrogen-bond acceptors (Lipinski definition) is 4. The van der Waals surface area contributed by atoms with E-state index in [2.05, 4.69) is 4.74 Å². The first kappa shape index (κ1) is 12.6. The van der Waals surface area contributed by atoms with Gasteiger partial charge >= 0.3 is 5.97 Å². The quantitative estimate of drug-likeness (QED) is 0.748. The number of benzene rings is 1. The normalized spacial score (nSPS) is 11.2. The number of halogens is 2. The van der Waals surface area contributed by atoms with E-state index in [-0.39, 0.29) is 0 Å². The molecule has 0 aliphatic carbocycles. The van der Waals surface area contributed by atoms with Crippen LogP contribution in [0.2, 0.25) is 0 Å². The van der Waals surface area contributed by atoms with E-state index in [1.54, 1.807) is 0 Å². The van der Waals surface area contributed by atoms with Crippen LogP contribution in [0.4, 0.5) is 8.78 Å². The topological polar surface area (TPSA) is 60.4 Å². The lowest BCUT2D eigenvalue weighted by Crippen LogP contribution is -2.19. The molecule has 1 rings (SSSR count). The van der Waals surface area contributed by atoms with E-state index in [1.165, 1.54) is 0 Å². The van der Waals surface area contributed by atoms with Crippen molar-refractivity contribution in [3.8, 4) is 0 Å². The highest BCUT2D eigenvalue weighted by Gasteiger charge is 2.26. The van der Waals surface area contributed by atoms with Gasteiger partial charge in [-0.2, -0.15) is 0 Å². The first-order valence-electron chi connectivity index (χ1n) is 4.12. The van der Waals surface area contributed by atoms with Crippen LogP contribution in [0.1, 0.15) is 0 Å². The van der Waals surface area contributed by atoms with E-state index < -0.39 is 38.1 Å². The third-order valence-electron chi connectivity index (χ3n) is 1.77. The van der Waals surface area contributed by atoms with Crippen molar-refractivity contribution in [3.05, 3.63) is 29.8 Å². The van der Waals surface area contributed by atoms with Crippen molar-refractivity contribution in [2.45, 2.75) is 4.90 Å². The summed E-state index contributed by atoms with van der Waals surface area (Å²) >= 11 is 0. The summed E-state index contributed by atoms with van der Waals surface area (Å²) in [6, 6.07) is 2.63. The molecule has 0 N–H and O–H groups in total. The lowest BCUT2D eigenvalue weighted by atomic mass is 10.3. The first-order chi connectivity index (χ1) is 7.38. The van der Waals surface area contributed by atoms with Crippen LogP contribution in [0.3, 0.4) is 0 Å². The highest BCUT2D eigenvalue weighted by atomic mass is 32.2. The fourth-order valence-electron chi connectivity index (χ4n) is 1.07. The number of esters is 1. The van der Waals surface area contributed by atoms with Gasteiger partial charge in [0.05, 0.1) is 7.11 Å². The molecule has 0 atom stereocenters. The van der Waals surface area contributed by atoms with Crippen LogP contribution in [-0.4, -0.2) is 27.2 Å². The number of rotatable bonds is 3. The maximum Gasteiger partial charge on any atom is 0.321 e. The molecule has 0 heterocycles. The Bertz CT molecular complexity index is 490. The molecule has 0 amide bonds. The minimum atomic E-state index is -4.36. The van der Waals surface area contributed by atoms with Gasteiger partial charge in [0.2, 0.25) is 0 Å². The molecular formula is C9H8F2O4S. The number of hydrogen-bond donors (Lipinski definition) is 0. The van der Waals surface area contributed by atoms with Crippen LogP contribution in [0.15, 0.2) is 23.1 Å². The van der Waals surface area contributed by atoms with Crippen LogP contribution in [0.25, 0.3) is 0 Å². The molecular weight excluding hydrogens is 242 g/mol. The lowest BCUT2D eigenvalue weighted by molar-refractivity contribution is -0.137. The molecule has 0 saturated carbocycles. The van der Waals surface area contributed by atoms with Gasteiger partial charge in [0, 0.05) is 0 Å². The molecule has 1 aromatic carbocycles. The molecule has 1 aromatic rings. The lowest BCUT2D eigenvalue weighted by Gasteiger charge is -2.05. The summed E-state index contributed by atoms with van der Waals surface area (Å²) in [6.45, 7) is 0.